The van der Waals surface area contributed by atoms with Crippen LogP contribution in [-0.4, -0.2) is 42.8 Å². The molecule has 0 fully saturated rings. The number of nitrogens with one attached hydrogen (secondary N) is 3. The molecule has 3 N–H and O–H groups in total. The molecule has 0 radical (unpaired) electrons. The quantitative estimate of drug-likeness (QED) is 0.259. The van der Waals surface area contributed by atoms with Gasteiger partial charge in [0.15, 0.2) is 0 Å². The van der Waals surface area contributed by atoms with Crippen molar-refractivity contribution in [1.29, 1.82) is 0 Å². The lowest BCUT2D eigenvalue weighted by molar-refractivity contribution is -0.128. The molecule has 42 heavy (non-hydrogen) atoms. The first-order valence-corrected chi connectivity index (χ1v) is 13.5. The van der Waals surface area contributed by atoms with E-state index in [0.717, 1.165) is 5.56 Å². The van der Waals surface area contributed by atoms with Crippen molar-refractivity contribution in [2.75, 3.05) is 24.2 Å². The number of aryl methyl sites for hydroxylation is 1. The number of likely N-dealkylation sites (N-methyl/N-ethyl adjacent to an activating group) is 1. The van der Waals surface area contributed by atoms with E-state index in [1.807, 2.05) is 31.2 Å². The van der Waals surface area contributed by atoms with Crippen LogP contribution in [0.2, 0.25) is 0 Å². The molecular weight excluding hydrogens is 549 g/mol. The maximum atomic E-state index is 14.4. The zero-order valence-electron chi connectivity index (χ0n) is 23.6. The summed E-state index contributed by atoms with van der Waals surface area (Å²) in [6.45, 7) is 0.804. The summed E-state index contributed by atoms with van der Waals surface area (Å²) in [4.78, 5) is 38.7. The molecule has 8 nitrogen and oxygen atoms in total. The Morgan fingerprint density at radius 1 is 1.12 bits per heavy atom. The molecule has 1 aliphatic rings. The van der Waals surface area contributed by atoms with E-state index < -0.39 is 18.3 Å². The molecule has 1 atom stereocenters. The highest BCUT2D eigenvalue weighted by Crippen LogP contribution is 2.28. The molecule has 0 spiro atoms. The number of alkyl halides is 2. The van der Waals surface area contributed by atoms with Crippen molar-refractivity contribution in [3.63, 3.8) is 0 Å². The lowest BCUT2D eigenvalue weighted by Crippen LogP contribution is -2.32. The maximum absolute atomic E-state index is 14.4. The van der Waals surface area contributed by atoms with Crippen molar-refractivity contribution in [3.8, 4) is 5.75 Å². The number of rotatable bonds is 12. The summed E-state index contributed by atoms with van der Waals surface area (Å²) in [6, 6.07) is 14.8. The van der Waals surface area contributed by atoms with E-state index in [1.165, 1.54) is 47.8 Å². The lowest BCUT2D eigenvalue weighted by Gasteiger charge is -2.21. The fourth-order valence-electron chi connectivity index (χ4n) is 4.89. The van der Waals surface area contributed by atoms with Gasteiger partial charge in [0.1, 0.15) is 11.6 Å². The van der Waals surface area contributed by atoms with Gasteiger partial charge in [0.2, 0.25) is 11.8 Å². The third-order valence-corrected chi connectivity index (χ3v) is 7.22. The molecule has 0 saturated heterocycles. The van der Waals surface area contributed by atoms with Gasteiger partial charge < -0.3 is 25.6 Å². The highest BCUT2D eigenvalue weighted by Gasteiger charge is 2.22. The van der Waals surface area contributed by atoms with E-state index in [0.29, 0.717) is 23.2 Å². The van der Waals surface area contributed by atoms with Crippen molar-refractivity contribution < 1.29 is 32.3 Å². The van der Waals surface area contributed by atoms with Gasteiger partial charge in [0, 0.05) is 43.4 Å². The van der Waals surface area contributed by atoms with E-state index in [4.69, 9.17) is 0 Å². The molecular formula is C31H33F3N4O4. The number of fused-ring (bicyclic) bond motifs is 1. The molecule has 1 aliphatic heterocycles. The predicted molar refractivity (Wildman–Crippen MR) is 153 cm³/mol. The number of benzene rings is 3. The van der Waals surface area contributed by atoms with Gasteiger partial charge in [0.25, 0.3) is 5.91 Å². The standard InChI is InChI=1S/C31H33F3N4O4/c1-18-6-4-5-7-23(18)19(2)8-11-28(39)37-22-9-10-27(42-31(33)34)21(12-22)17-38(3)29(40)16-35-26-14-24-20(13-25(26)32)15-36-30(24)41/h4-7,9-10,12-14,19,31,35H,8,11,15-17H2,1-3H3,(H,36,41)(H,37,39)/t19-/m0/s1. The number of hydrogen-bond donors (Lipinski definition) is 3. The summed E-state index contributed by atoms with van der Waals surface area (Å²) in [5, 5.41) is 8.09. The van der Waals surface area contributed by atoms with E-state index in [2.05, 4.69) is 27.6 Å². The van der Waals surface area contributed by atoms with Crippen LogP contribution in [0, 0.1) is 12.7 Å². The first-order chi connectivity index (χ1) is 20.0. The molecule has 11 heteroatoms. The van der Waals surface area contributed by atoms with E-state index in [1.54, 1.807) is 0 Å². The number of carbonyl (C=O) groups excluding carboxylic acids is 3. The third kappa shape index (κ3) is 7.59. The summed E-state index contributed by atoms with van der Waals surface area (Å²) in [5.41, 5.74) is 3.81. The van der Waals surface area contributed by atoms with Crippen LogP contribution in [0.15, 0.2) is 54.6 Å². The fourth-order valence-corrected chi connectivity index (χ4v) is 4.89. The Morgan fingerprint density at radius 3 is 2.62 bits per heavy atom. The van der Waals surface area contributed by atoms with Gasteiger partial charge in [-0.2, -0.15) is 8.78 Å². The van der Waals surface area contributed by atoms with Crippen LogP contribution in [-0.2, 0) is 22.7 Å². The summed E-state index contributed by atoms with van der Waals surface area (Å²) >= 11 is 0. The maximum Gasteiger partial charge on any atom is 0.387 e. The van der Waals surface area contributed by atoms with Crippen molar-refractivity contribution in [2.45, 2.75) is 52.3 Å². The second kappa shape index (κ2) is 13.4. The first-order valence-electron chi connectivity index (χ1n) is 13.5. The molecule has 0 aliphatic carbocycles. The average molecular weight is 583 g/mol. The fraction of sp³-hybridized carbons (Fsp3) is 0.323. The Balaban J connectivity index is 1.38. The zero-order valence-corrected chi connectivity index (χ0v) is 23.6. The van der Waals surface area contributed by atoms with E-state index >= 15 is 0 Å². The topological polar surface area (TPSA) is 99.8 Å². The first kappa shape index (κ1) is 30.4. The summed E-state index contributed by atoms with van der Waals surface area (Å²) in [6.07, 6.45) is 0.876. The number of ether oxygens (including phenoxy) is 1. The summed E-state index contributed by atoms with van der Waals surface area (Å²) < 4.78 is 45.2. The Hall–Kier alpha value is -4.54. The zero-order chi connectivity index (χ0) is 30.4. The Morgan fingerprint density at radius 2 is 1.88 bits per heavy atom. The second-order valence-corrected chi connectivity index (χ2v) is 10.3. The van der Waals surface area contributed by atoms with Crippen molar-refractivity contribution >= 4 is 29.1 Å². The van der Waals surface area contributed by atoms with Gasteiger partial charge in [-0.15, -0.1) is 0 Å². The van der Waals surface area contributed by atoms with Crippen LogP contribution < -0.4 is 20.7 Å². The third-order valence-electron chi connectivity index (χ3n) is 7.22. The van der Waals surface area contributed by atoms with Crippen LogP contribution in [0.1, 0.15) is 58.3 Å². The van der Waals surface area contributed by atoms with Crippen molar-refractivity contribution in [1.82, 2.24) is 10.2 Å². The Labute approximate surface area is 242 Å². The molecule has 222 valence electrons. The largest absolute Gasteiger partial charge is 0.434 e. The molecule has 4 rings (SSSR count). The summed E-state index contributed by atoms with van der Waals surface area (Å²) in [5.74, 6) is -1.60. The number of amides is 3. The Bertz CT molecular complexity index is 1480. The van der Waals surface area contributed by atoms with Gasteiger partial charge >= 0.3 is 6.61 Å². The lowest BCUT2D eigenvalue weighted by atomic mass is 9.92. The van der Waals surface area contributed by atoms with Gasteiger partial charge in [-0.1, -0.05) is 31.2 Å². The average Bonchev–Trinajstić information content (AvgIpc) is 3.30. The Kier molecular flexibility index (Phi) is 9.72. The normalized spacial score (nSPS) is 12.9. The number of anilines is 2. The SMILES string of the molecule is Cc1ccccc1[C@@H](C)CCC(=O)Nc1ccc(OC(F)F)c(CN(C)C(=O)CNc2cc3c(cc2F)CNC3=O)c1. The smallest absolute Gasteiger partial charge is 0.387 e. The van der Waals surface area contributed by atoms with E-state index in [-0.39, 0.29) is 60.8 Å². The van der Waals surface area contributed by atoms with Crippen LogP contribution in [0.5, 0.6) is 5.75 Å². The second-order valence-electron chi connectivity index (χ2n) is 10.3. The molecule has 0 aromatic heterocycles. The monoisotopic (exact) mass is 582 g/mol. The molecule has 1 heterocycles. The van der Waals surface area contributed by atoms with Crippen molar-refractivity contribution in [2.24, 2.45) is 0 Å². The minimum Gasteiger partial charge on any atom is -0.434 e. The predicted octanol–water partition coefficient (Wildman–Crippen LogP) is 5.57. The van der Waals surface area contributed by atoms with Gasteiger partial charge in [0.05, 0.1) is 12.2 Å². The summed E-state index contributed by atoms with van der Waals surface area (Å²) in [7, 11) is 1.46. The van der Waals surface area contributed by atoms with Gasteiger partial charge in [-0.05, 0) is 66.3 Å². The highest BCUT2D eigenvalue weighted by atomic mass is 19.3. The van der Waals surface area contributed by atoms with Gasteiger partial charge in [-0.3, -0.25) is 14.4 Å². The molecule has 3 aromatic rings. The number of hydrogen-bond acceptors (Lipinski definition) is 5. The number of carbonyl (C=O) groups is 3. The molecule has 0 bridgehead atoms. The van der Waals surface area contributed by atoms with Crippen LogP contribution in [0.3, 0.4) is 0 Å². The van der Waals surface area contributed by atoms with Crippen molar-refractivity contribution in [3.05, 3.63) is 88.2 Å². The van der Waals surface area contributed by atoms with Crippen LogP contribution in [0.4, 0.5) is 24.5 Å². The van der Waals surface area contributed by atoms with E-state index in [9.17, 15) is 27.6 Å². The molecule has 3 amide bonds. The van der Waals surface area contributed by atoms with Crippen LogP contribution >= 0.6 is 0 Å². The molecule has 3 aromatic carbocycles. The minimum atomic E-state index is -3.09. The minimum absolute atomic E-state index is 0.00396. The van der Waals surface area contributed by atoms with Gasteiger partial charge in [-0.25, -0.2) is 4.39 Å². The number of halogens is 3. The van der Waals surface area contributed by atoms with Crippen LogP contribution in [0.25, 0.3) is 0 Å². The molecule has 0 unspecified atom stereocenters. The number of nitrogens with zero attached hydrogens (tertiary/aromatic N) is 1. The highest BCUT2D eigenvalue weighted by molar-refractivity contribution is 5.99. The molecule has 0 saturated carbocycles.